The normalized spacial score (nSPS) is 18.2. The predicted molar refractivity (Wildman–Crippen MR) is 89.7 cm³/mol. The largest absolute Gasteiger partial charge is 0.478 e. The maximum absolute atomic E-state index is 12.5. The smallest absolute Gasteiger partial charge is 0.335 e. The Balaban J connectivity index is 1.99. The molecule has 5 heteroatoms. The Morgan fingerprint density at radius 1 is 1.22 bits per heavy atom. The van der Waals surface area contributed by atoms with Crippen molar-refractivity contribution in [3.8, 4) is 0 Å². The molecule has 5 nitrogen and oxygen atoms in total. The molecular weight excluding hydrogens is 292 g/mol. The molecule has 1 N–H and O–H groups in total. The standard InChI is InChI=1S/C18H26N2O3/c1-3-19(4-2)13-17(21)20-11-5-6-16(12-20)14-7-9-15(10-8-14)18(22)23/h7-10,16H,3-6,11-13H2,1-2H3,(H,22,23)/t16-/m1/s1. The summed E-state index contributed by atoms with van der Waals surface area (Å²) in [6.07, 6.45) is 2.04. The van der Waals surface area contributed by atoms with Gasteiger partial charge in [0, 0.05) is 19.0 Å². The number of carboxylic acids is 1. The summed E-state index contributed by atoms with van der Waals surface area (Å²) < 4.78 is 0. The minimum atomic E-state index is -0.906. The van der Waals surface area contributed by atoms with Crippen LogP contribution in [0.4, 0.5) is 0 Å². The lowest BCUT2D eigenvalue weighted by atomic mass is 9.90. The summed E-state index contributed by atoms with van der Waals surface area (Å²) in [6.45, 7) is 7.94. The van der Waals surface area contributed by atoms with Gasteiger partial charge in [-0.15, -0.1) is 0 Å². The summed E-state index contributed by atoms with van der Waals surface area (Å²) in [6, 6.07) is 7.06. The summed E-state index contributed by atoms with van der Waals surface area (Å²) >= 11 is 0. The summed E-state index contributed by atoms with van der Waals surface area (Å²) in [5.41, 5.74) is 1.43. The van der Waals surface area contributed by atoms with Crippen LogP contribution in [0.3, 0.4) is 0 Å². The second-order valence-electron chi connectivity index (χ2n) is 6.07. The molecule has 1 fully saturated rings. The molecule has 23 heavy (non-hydrogen) atoms. The van der Waals surface area contributed by atoms with Gasteiger partial charge in [-0.3, -0.25) is 9.69 Å². The third-order valence-corrected chi connectivity index (χ3v) is 4.66. The van der Waals surface area contributed by atoms with Gasteiger partial charge in [0.15, 0.2) is 0 Å². The lowest BCUT2D eigenvalue weighted by Crippen LogP contribution is -2.44. The highest BCUT2D eigenvalue weighted by Gasteiger charge is 2.25. The van der Waals surface area contributed by atoms with Gasteiger partial charge in [0.2, 0.25) is 5.91 Å². The highest BCUT2D eigenvalue weighted by molar-refractivity contribution is 5.87. The number of benzene rings is 1. The number of piperidine rings is 1. The summed E-state index contributed by atoms with van der Waals surface area (Å²) in [5, 5.41) is 8.97. The first-order chi connectivity index (χ1) is 11.0. The van der Waals surface area contributed by atoms with E-state index in [1.807, 2.05) is 17.0 Å². The van der Waals surface area contributed by atoms with Crippen molar-refractivity contribution < 1.29 is 14.7 Å². The molecule has 1 amide bonds. The Kier molecular flexibility index (Phi) is 6.16. The first kappa shape index (κ1) is 17.5. The fraction of sp³-hybridized carbons (Fsp3) is 0.556. The zero-order chi connectivity index (χ0) is 16.8. The first-order valence-electron chi connectivity index (χ1n) is 8.38. The maximum Gasteiger partial charge on any atom is 0.335 e. The molecule has 0 aromatic heterocycles. The molecule has 1 heterocycles. The van der Waals surface area contributed by atoms with Crippen LogP contribution in [0.15, 0.2) is 24.3 Å². The van der Waals surface area contributed by atoms with E-state index < -0.39 is 5.97 Å². The summed E-state index contributed by atoms with van der Waals surface area (Å²) in [4.78, 5) is 27.5. The van der Waals surface area contributed by atoms with Crippen LogP contribution in [0.2, 0.25) is 0 Å². The molecule has 2 rings (SSSR count). The van der Waals surface area contributed by atoms with Crippen LogP contribution in [0.1, 0.15) is 48.5 Å². The third kappa shape index (κ3) is 4.55. The fourth-order valence-electron chi connectivity index (χ4n) is 3.11. The van der Waals surface area contributed by atoms with E-state index in [1.165, 1.54) is 0 Å². The Hall–Kier alpha value is -1.88. The molecule has 1 saturated heterocycles. The number of likely N-dealkylation sites (N-methyl/N-ethyl adjacent to an activating group) is 1. The van der Waals surface area contributed by atoms with E-state index in [0.717, 1.165) is 44.6 Å². The quantitative estimate of drug-likeness (QED) is 0.875. The van der Waals surface area contributed by atoms with Crippen LogP contribution in [0, 0.1) is 0 Å². The van der Waals surface area contributed by atoms with Gasteiger partial charge >= 0.3 is 5.97 Å². The Morgan fingerprint density at radius 3 is 2.43 bits per heavy atom. The van der Waals surface area contributed by atoms with Gasteiger partial charge in [0.25, 0.3) is 0 Å². The topological polar surface area (TPSA) is 60.9 Å². The molecule has 0 spiro atoms. The molecule has 0 saturated carbocycles. The number of nitrogens with zero attached hydrogens (tertiary/aromatic N) is 2. The number of carbonyl (C=O) groups is 2. The summed E-state index contributed by atoms with van der Waals surface area (Å²) in [5.74, 6) is -0.413. The first-order valence-corrected chi connectivity index (χ1v) is 8.38. The zero-order valence-corrected chi connectivity index (χ0v) is 14.0. The average Bonchev–Trinajstić information content (AvgIpc) is 2.59. The van der Waals surface area contributed by atoms with Crippen molar-refractivity contribution in [2.45, 2.75) is 32.6 Å². The molecule has 0 unspecified atom stereocenters. The molecule has 0 radical (unpaired) electrons. The van der Waals surface area contributed by atoms with Gasteiger partial charge < -0.3 is 10.0 Å². The van der Waals surface area contributed by atoms with Gasteiger partial charge in [0.05, 0.1) is 12.1 Å². The predicted octanol–water partition coefficient (Wildman–Crippen LogP) is 2.43. The van der Waals surface area contributed by atoms with Crippen LogP contribution in [0.25, 0.3) is 0 Å². The molecule has 1 aromatic rings. The minimum Gasteiger partial charge on any atom is -0.478 e. The molecular formula is C18H26N2O3. The van der Waals surface area contributed by atoms with Gasteiger partial charge in [-0.1, -0.05) is 26.0 Å². The average molecular weight is 318 g/mol. The molecule has 0 bridgehead atoms. The van der Waals surface area contributed by atoms with E-state index in [0.29, 0.717) is 18.0 Å². The molecule has 1 aliphatic rings. The Morgan fingerprint density at radius 2 is 1.87 bits per heavy atom. The number of carboxylic acid groups (broad SMARTS) is 1. The Labute approximate surface area is 137 Å². The molecule has 1 atom stereocenters. The van der Waals surface area contributed by atoms with E-state index in [9.17, 15) is 9.59 Å². The van der Waals surface area contributed by atoms with Crippen molar-refractivity contribution in [3.05, 3.63) is 35.4 Å². The van der Waals surface area contributed by atoms with Crippen molar-refractivity contribution >= 4 is 11.9 Å². The van der Waals surface area contributed by atoms with E-state index in [-0.39, 0.29) is 5.91 Å². The molecule has 126 valence electrons. The number of hydrogen-bond acceptors (Lipinski definition) is 3. The number of amides is 1. The third-order valence-electron chi connectivity index (χ3n) is 4.66. The van der Waals surface area contributed by atoms with E-state index in [1.54, 1.807) is 12.1 Å². The monoisotopic (exact) mass is 318 g/mol. The van der Waals surface area contributed by atoms with Crippen molar-refractivity contribution in [1.29, 1.82) is 0 Å². The van der Waals surface area contributed by atoms with Crippen molar-refractivity contribution in [2.24, 2.45) is 0 Å². The second kappa shape index (κ2) is 8.11. The van der Waals surface area contributed by atoms with Crippen LogP contribution in [0.5, 0.6) is 0 Å². The number of carbonyl (C=O) groups excluding carboxylic acids is 1. The SMILES string of the molecule is CCN(CC)CC(=O)N1CCC[C@@H](c2ccc(C(=O)O)cc2)C1. The van der Waals surface area contributed by atoms with Crippen LogP contribution in [-0.4, -0.2) is 59.5 Å². The van der Waals surface area contributed by atoms with E-state index in [4.69, 9.17) is 5.11 Å². The van der Waals surface area contributed by atoms with Gasteiger partial charge in [-0.2, -0.15) is 0 Å². The highest BCUT2D eigenvalue weighted by atomic mass is 16.4. The van der Waals surface area contributed by atoms with Crippen LogP contribution < -0.4 is 0 Å². The van der Waals surface area contributed by atoms with Crippen molar-refractivity contribution in [3.63, 3.8) is 0 Å². The number of rotatable bonds is 6. The van der Waals surface area contributed by atoms with E-state index in [2.05, 4.69) is 18.7 Å². The fourth-order valence-corrected chi connectivity index (χ4v) is 3.11. The van der Waals surface area contributed by atoms with Crippen molar-refractivity contribution in [1.82, 2.24) is 9.80 Å². The highest BCUT2D eigenvalue weighted by Crippen LogP contribution is 2.27. The van der Waals surface area contributed by atoms with Crippen LogP contribution >= 0.6 is 0 Å². The van der Waals surface area contributed by atoms with Gasteiger partial charge in [-0.05, 0) is 43.6 Å². The molecule has 1 aliphatic heterocycles. The second-order valence-corrected chi connectivity index (χ2v) is 6.07. The van der Waals surface area contributed by atoms with Crippen molar-refractivity contribution in [2.75, 3.05) is 32.7 Å². The molecule has 1 aromatic carbocycles. The summed E-state index contributed by atoms with van der Waals surface area (Å²) in [7, 11) is 0. The number of likely N-dealkylation sites (tertiary alicyclic amines) is 1. The maximum atomic E-state index is 12.5. The molecule has 0 aliphatic carbocycles. The van der Waals surface area contributed by atoms with Gasteiger partial charge in [-0.25, -0.2) is 4.79 Å². The Bertz CT molecular complexity index is 538. The lowest BCUT2D eigenvalue weighted by Gasteiger charge is -2.34. The lowest BCUT2D eigenvalue weighted by molar-refractivity contribution is -0.133. The van der Waals surface area contributed by atoms with Crippen LogP contribution in [-0.2, 0) is 4.79 Å². The number of aromatic carboxylic acids is 1. The zero-order valence-electron chi connectivity index (χ0n) is 14.0. The number of hydrogen-bond donors (Lipinski definition) is 1. The minimum absolute atomic E-state index is 0.195. The van der Waals surface area contributed by atoms with E-state index >= 15 is 0 Å². The van der Waals surface area contributed by atoms with Gasteiger partial charge in [0.1, 0.15) is 0 Å².